The highest BCUT2D eigenvalue weighted by Crippen LogP contribution is 2.30. The van der Waals surface area contributed by atoms with Gasteiger partial charge >= 0.3 is 0 Å². The molecule has 5 heteroatoms. The van der Waals surface area contributed by atoms with E-state index in [0.29, 0.717) is 0 Å². The van der Waals surface area contributed by atoms with Crippen LogP contribution in [0.25, 0.3) is 0 Å². The summed E-state index contributed by atoms with van der Waals surface area (Å²) in [4.78, 5) is 0. The normalized spacial score (nSPS) is 43.8. The molecule has 0 saturated carbocycles. The summed E-state index contributed by atoms with van der Waals surface area (Å²) < 4.78 is 10.8. The molecular weight excluding hydrogens is 210 g/mol. The van der Waals surface area contributed by atoms with E-state index in [1.165, 1.54) is 0 Å². The van der Waals surface area contributed by atoms with Crippen molar-refractivity contribution in [3.05, 3.63) is 12.2 Å². The van der Waals surface area contributed by atoms with Gasteiger partial charge in [0, 0.05) is 19.6 Å². The van der Waals surface area contributed by atoms with Crippen LogP contribution in [0.5, 0.6) is 0 Å². The first-order valence-corrected chi connectivity index (χ1v) is 5.63. The minimum absolute atomic E-state index is 0.0228. The molecule has 0 aromatic rings. The molecular formula is C11H19NO4. The van der Waals surface area contributed by atoms with Crippen molar-refractivity contribution in [1.29, 1.82) is 0 Å². The van der Waals surface area contributed by atoms with Crippen LogP contribution >= 0.6 is 0 Å². The predicted octanol–water partition coefficient (Wildman–Crippen LogP) is -0.755. The maximum absolute atomic E-state index is 10.1. The van der Waals surface area contributed by atoms with Crippen LogP contribution in [0.3, 0.4) is 0 Å². The molecule has 0 aromatic carbocycles. The molecule has 2 aliphatic heterocycles. The van der Waals surface area contributed by atoms with Gasteiger partial charge in [0.2, 0.25) is 0 Å². The molecule has 2 rings (SSSR count). The van der Waals surface area contributed by atoms with Gasteiger partial charge in [-0.25, -0.2) is 0 Å². The maximum Gasteiger partial charge on any atom is 0.173 e. The second kappa shape index (κ2) is 5.25. The van der Waals surface area contributed by atoms with Crippen molar-refractivity contribution in [2.75, 3.05) is 20.3 Å². The second-order valence-electron chi connectivity index (χ2n) is 4.26. The van der Waals surface area contributed by atoms with E-state index in [-0.39, 0.29) is 18.6 Å². The van der Waals surface area contributed by atoms with Crippen LogP contribution in [0.2, 0.25) is 0 Å². The van der Waals surface area contributed by atoms with E-state index in [0.717, 1.165) is 13.0 Å². The Kier molecular flexibility index (Phi) is 3.94. The molecule has 16 heavy (non-hydrogen) atoms. The molecule has 1 saturated heterocycles. The molecule has 0 radical (unpaired) electrons. The zero-order valence-electron chi connectivity index (χ0n) is 9.37. The van der Waals surface area contributed by atoms with E-state index in [2.05, 4.69) is 5.32 Å². The molecule has 2 aliphatic rings. The van der Waals surface area contributed by atoms with E-state index in [9.17, 15) is 5.11 Å². The smallest absolute Gasteiger partial charge is 0.173 e. The van der Waals surface area contributed by atoms with Gasteiger partial charge < -0.3 is 25.0 Å². The van der Waals surface area contributed by atoms with Crippen LogP contribution < -0.4 is 5.32 Å². The fourth-order valence-corrected chi connectivity index (χ4v) is 2.46. The van der Waals surface area contributed by atoms with Gasteiger partial charge in [-0.2, -0.15) is 0 Å². The number of hydrogen-bond acceptors (Lipinski definition) is 5. The third kappa shape index (κ3) is 2.14. The number of allylic oxidation sites excluding steroid dienone is 1. The molecule has 5 atom stereocenters. The van der Waals surface area contributed by atoms with Crippen LogP contribution in [0, 0.1) is 5.92 Å². The lowest BCUT2D eigenvalue weighted by molar-refractivity contribution is -0.250. The first kappa shape index (κ1) is 12.0. The molecule has 1 fully saturated rings. The number of fused-ring (bicyclic) bond motifs is 1. The Morgan fingerprint density at radius 2 is 2.31 bits per heavy atom. The SMILES string of the molecule is CO[C@H]1O[C@H](CO)[C@@H](O)[C@@H]2CC=CCN[C@@H]12. The Hall–Kier alpha value is -0.460. The third-order valence-electron chi connectivity index (χ3n) is 3.34. The van der Waals surface area contributed by atoms with Crippen molar-refractivity contribution in [3.8, 4) is 0 Å². The Morgan fingerprint density at radius 1 is 1.50 bits per heavy atom. The first-order valence-electron chi connectivity index (χ1n) is 5.63. The minimum Gasteiger partial charge on any atom is -0.394 e. The lowest BCUT2D eigenvalue weighted by Gasteiger charge is -2.43. The van der Waals surface area contributed by atoms with Crippen LogP contribution in [0.1, 0.15) is 6.42 Å². The fourth-order valence-electron chi connectivity index (χ4n) is 2.46. The number of hydrogen-bond donors (Lipinski definition) is 3. The Labute approximate surface area is 95.1 Å². The molecule has 92 valence electrons. The van der Waals surface area contributed by atoms with Gasteiger partial charge in [0.05, 0.1) is 18.8 Å². The van der Waals surface area contributed by atoms with Gasteiger partial charge in [-0.05, 0) is 6.42 Å². The number of aliphatic hydroxyl groups excluding tert-OH is 2. The van der Waals surface area contributed by atoms with Crippen LogP contribution in [0.15, 0.2) is 12.2 Å². The molecule has 2 heterocycles. The maximum atomic E-state index is 10.1. The van der Waals surface area contributed by atoms with Crippen molar-refractivity contribution in [2.24, 2.45) is 5.92 Å². The molecule has 3 N–H and O–H groups in total. The molecule has 0 unspecified atom stereocenters. The van der Waals surface area contributed by atoms with Crippen molar-refractivity contribution < 1.29 is 19.7 Å². The molecule has 0 amide bonds. The second-order valence-corrected chi connectivity index (χ2v) is 4.26. The average molecular weight is 229 g/mol. The van der Waals surface area contributed by atoms with Gasteiger partial charge in [0.25, 0.3) is 0 Å². The monoisotopic (exact) mass is 229 g/mol. The Bertz CT molecular complexity index is 258. The van der Waals surface area contributed by atoms with Gasteiger partial charge in [-0.3, -0.25) is 0 Å². The highest BCUT2D eigenvalue weighted by Gasteiger charge is 2.44. The third-order valence-corrected chi connectivity index (χ3v) is 3.34. The summed E-state index contributed by atoms with van der Waals surface area (Å²) in [5.41, 5.74) is 0. The van der Waals surface area contributed by atoms with Gasteiger partial charge in [-0.1, -0.05) is 12.2 Å². The largest absolute Gasteiger partial charge is 0.394 e. The minimum atomic E-state index is -0.656. The summed E-state index contributed by atoms with van der Waals surface area (Å²) in [5, 5.41) is 22.5. The van der Waals surface area contributed by atoms with Crippen LogP contribution in [-0.4, -0.2) is 55.0 Å². The number of nitrogens with one attached hydrogen (secondary N) is 1. The lowest BCUT2D eigenvalue weighted by atomic mass is 9.85. The molecule has 5 nitrogen and oxygen atoms in total. The summed E-state index contributed by atoms with van der Waals surface area (Å²) in [6.45, 7) is 0.564. The summed E-state index contributed by atoms with van der Waals surface area (Å²) in [6.07, 6.45) is 3.24. The van der Waals surface area contributed by atoms with Crippen molar-refractivity contribution >= 4 is 0 Å². The van der Waals surface area contributed by atoms with E-state index < -0.39 is 18.5 Å². The molecule has 0 spiro atoms. The first-order chi connectivity index (χ1) is 7.77. The zero-order chi connectivity index (χ0) is 11.5. The summed E-state index contributed by atoms with van der Waals surface area (Å²) in [5.74, 6) is 0.0228. The van der Waals surface area contributed by atoms with Gasteiger partial charge in [0.15, 0.2) is 6.29 Å². The van der Waals surface area contributed by atoms with E-state index >= 15 is 0 Å². The van der Waals surface area contributed by atoms with Gasteiger partial charge in [0.1, 0.15) is 6.10 Å². The van der Waals surface area contributed by atoms with Crippen LogP contribution in [-0.2, 0) is 9.47 Å². The Balaban J connectivity index is 2.16. The topological polar surface area (TPSA) is 71.0 Å². The summed E-state index contributed by atoms with van der Waals surface area (Å²) in [6, 6.07) is -0.0298. The van der Waals surface area contributed by atoms with Crippen molar-refractivity contribution in [1.82, 2.24) is 5.32 Å². The number of aliphatic hydroxyl groups is 2. The van der Waals surface area contributed by atoms with Crippen molar-refractivity contribution in [3.63, 3.8) is 0 Å². The predicted molar refractivity (Wildman–Crippen MR) is 57.8 cm³/mol. The summed E-state index contributed by atoms with van der Waals surface area (Å²) in [7, 11) is 1.58. The fraction of sp³-hybridized carbons (Fsp3) is 0.818. The van der Waals surface area contributed by atoms with Crippen LogP contribution in [0.4, 0.5) is 0 Å². The molecule has 0 aliphatic carbocycles. The standard InChI is InChI=1S/C11H19NO4/c1-15-11-9-7(4-2-3-5-12-9)10(14)8(6-13)16-11/h2-3,7-14H,4-6H2,1H3/t7-,8-,9-,10+,11+/m1/s1. The zero-order valence-corrected chi connectivity index (χ0v) is 9.37. The van der Waals surface area contributed by atoms with E-state index in [1.54, 1.807) is 7.11 Å². The lowest BCUT2D eigenvalue weighted by Crippen LogP contribution is -2.60. The van der Waals surface area contributed by atoms with E-state index in [1.807, 2.05) is 12.2 Å². The highest BCUT2D eigenvalue weighted by atomic mass is 16.7. The van der Waals surface area contributed by atoms with E-state index in [4.69, 9.17) is 14.6 Å². The number of rotatable bonds is 2. The number of ether oxygens (including phenoxy) is 2. The van der Waals surface area contributed by atoms with Crippen molar-refractivity contribution in [2.45, 2.75) is 31.0 Å². The van der Waals surface area contributed by atoms with Gasteiger partial charge in [-0.15, -0.1) is 0 Å². The molecule has 0 bridgehead atoms. The molecule has 0 aromatic heterocycles. The highest BCUT2D eigenvalue weighted by molar-refractivity contribution is 5.01. The average Bonchev–Trinajstić information content (AvgIpc) is 2.56. The summed E-state index contributed by atoms with van der Waals surface area (Å²) >= 11 is 0. The Morgan fingerprint density at radius 3 is 3.00 bits per heavy atom. The quantitative estimate of drug-likeness (QED) is 0.543. The number of methoxy groups -OCH3 is 1.